The second-order valence-corrected chi connectivity index (χ2v) is 5.05. The van der Waals surface area contributed by atoms with Gasteiger partial charge in [-0.25, -0.2) is 9.97 Å². The van der Waals surface area contributed by atoms with Crippen LogP contribution < -0.4 is 5.32 Å². The first kappa shape index (κ1) is 13.5. The van der Waals surface area contributed by atoms with Crippen LogP contribution in [0.5, 0.6) is 0 Å². The lowest BCUT2D eigenvalue weighted by Crippen LogP contribution is -2.25. The molecular formula is C12H21N3S. The normalized spacial score (nSPS) is 12.7. The van der Waals surface area contributed by atoms with Gasteiger partial charge in [-0.05, 0) is 38.8 Å². The van der Waals surface area contributed by atoms with Gasteiger partial charge in [0.05, 0.1) is 0 Å². The zero-order valence-corrected chi connectivity index (χ0v) is 11.2. The molecule has 1 N–H and O–H groups in total. The third kappa shape index (κ3) is 5.47. The van der Waals surface area contributed by atoms with Crippen LogP contribution in [0.15, 0.2) is 17.6 Å². The highest BCUT2D eigenvalue weighted by Crippen LogP contribution is 2.14. The summed E-state index contributed by atoms with van der Waals surface area (Å²) < 4.78 is 0. The molecule has 1 rings (SSSR count). The predicted octanol–water partition coefficient (Wildman–Crippen LogP) is 2.66. The van der Waals surface area contributed by atoms with Gasteiger partial charge in [0.2, 0.25) is 0 Å². The van der Waals surface area contributed by atoms with Gasteiger partial charge in [-0.15, -0.1) is 0 Å². The van der Waals surface area contributed by atoms with E-state index in [0.717, 1.165) is 23.0 Å². The molecule has 1 atom stereocenters. The van der Waals surface area contributed by atoms with Crippen LogP contribution in [-0.4, -0.2) is 28.3 Å². The van der Waals surface area contributed by atoms with Gasteiger partial charge in [0, 0.05) is 24.2 Å². The Morgan fingerprint density at radius 3 is 2.69 bits per heavy atom. The fourth-order valence-electron chi connectivity index (χ4n) is 1.46. The summed E-state index contributed by atoms with van der Waals surface area (Å²) in [5.41, 5.74) is 1.12. The molecule has 0 aliphatic heterocycles. The summed E-state index contributed by atoms with van der Waals surface area (Å²) in [6.45, 7) is 7.43. The van der Waals surface area contributed by atoms with E-state index in [1.807, 2.05) is 19.3 Å². The van der Waals surface area contributed by atoms with Crippen LogP contribution >= 0.6 is 11.8 Å². The highest BCUT2D eigenvalue weighted by atomic mass is 32.2. The minimum absolute atomic E-state index is 0.615. The Morgan fingerprint density at radius 2 is 2.06 bits per heavy atom. The second-order valence-electron chi connectivity index (χ2n) is 3.99. The summed E-state index contributed by atoms with van der Waals surface area (Å²) >= 11 is 1.74. The van der Waals surface area contributed by atoms with Crippen molar-refractivity contribution < 1.29 is 0 Å². The first-order valence-corrected chi connectivity index (χ1v) is 6.85. The number of hydrogen-bond acceptors (Lipinski definition) is 4. The lowest BCUT2D eigenvalue weighted by Gasteiger charge is -2.10. The molecule has 3 nitrogen and oxygen atoms in total. The van der Waals surface area contributed by atoms with Crippen molar-refractivity contribution in [1.29, 1.82) is 0 Å². The van der Waals surface area contributed by atoms with Gasteiger partial charge in [-0.1, -0.05) is 18.7 Å². The minimum atomic E-state index is 0.615. The smallest absolute Gasteiger partial charge is 0.187 e. The van der Waals surface area contributed by atoms with Crippen molar-refractivity contribution in [1.82, 2.24) is 15.3 Å². The number of nitrogens with one attached hydrogen (secondary N) is 1. The molecule has 0 aliphatic rings. The van der Waals surface area contributed by atoms with E-state index < -0.39 is 0 Å². The Hall–Kier alpha value is -0.610. The standard InChI is InChI=1S/C12H21N3S/c1-4-13-11(3)6-5-7-16-12-14-8-10(2)9-15-12/h8-9,11,13H,4-7H2,1-3H3. The van der Waals surface area contributed by atoms with Crippen LogP contribution in [0.3, 0.4) is 0 Å². The van der Waals surface area contributed by atoms with Gasteiger partial charge in [0.15, 0.2) is 5.16 Å². The van der Waals surface area contributed by atoms with Gasteiger partial charge in [-0.2, -0.15) is 0 Å². The summed E-state index contributed by atoms with van der Waals surface area (Å²) in [4.78, 5) is 8.53. The average Bonchev–Trinajstić information content (AvgIpc) is 2.27. The fourth-order valence-corrected chi connectivity index (χ4v) is 2.21. The molecule has 0 saturated carbocycles. The van der Waals surface area contributed by atoms with Crippen molar-refractivity contribution in [3.63, 3.8) is 0 Å². The first-order valence-electron chi connectivity index (χ1n) is 5.87. The zero-order chi connectivity index (χ0) is 11.8. The summed E-state index contributed by atoms with van der Waals surface area (Å²) in [6.07, 6.45) is 6.16. The lowest BCUT2D eigenvalue weighted by molar-refractivity contribution is 0.526. The Balaban J connectivity index is 2.13. The molecular weight excluding hydrogens is 218 g/mol. The molecule has 0 spiro atoms. The number of rotatable bonds is 7. The molecule has 0 fully saturated rings. The molecule has 1 aromatic rings. The van der Waals surface area contributed by atoms with Gasteiger partial charge >= 0.3 is 0 Å². The van der Waals surface area contributed by atoms with Crippen LogP contribution in [0.1, 0.15) is 32.3 Å². The monoisotopic (exact) mass is 239 g/mol. The van der Waals surface area contributed by atoms with E-state index in [0.29, 0.717) is 6.04 Å². The number of aryl methyl sites for hydroxylation is 1. The molecule has 1 aromatic heterocycles. The number of nitrogens with zero attached hydrogens (tertiary/aromatic N) is 2. The lowest BCUT2D eigenvalue weighted by atomic mass is 10.2. The van der Waals surface area contributed by atoms with Crippen LogP contribution in [0.4, 0.5) is 0 Å². The molecule has 0 amide bonds. The van der Waals surface area contributed by atoms with Gasteiger partial charge in [0.25, 0.3) is 0 Å². The molecule has 0 aromatic carbocycles. The molecule has 0 aliphatic carbocycles. The number of hydrogen-bond donors (Lipinski definition) is 1. The van der Waals surface area contributed by atoms with E-state index >= 15 is 0 Å². The molecule has 0 bridgehead atoms. The Labute approximate surface area is 102 Å². The summed E-state index contributed by atoms with van der Waals surface area (Å²) in [5.74, 6) is 1.10. The van der Waals surface area contributed by atoms with E-state index in [-0.39, 0.29) is 0 Å². The topological polar surface area (TPSA) is 37.8 Å². The highest BCUT2D eigenvalue weighted by molar-refractivity contribution is 7.99. The van der Waals surface area contributed by atoms with Crippen LogP contribution in [0, 0.1) is 6.92 Å². The molecule has 16 heavy (non-hydrogen) atoms. The molecule has 4 heteroatoms. The SMILES string of the molecule is CCNC(C)CCCSc1ncc(C)cn1. The van der Waals surface area contributed by atoms with E-state index in [1.165, 1.54) is 12.8 Å². The van der Waals surface area contributed by atoms with Crippen molar-refractivity contribution in [2.75, 3.05) is 12.3 Å². The van der Waals surface area contributed by atoms with Gasteiger partial charge in [0.1, 0.15) is 0 Å². The predicted molar refractivity (Wildman–Crippen MR) is 69.9 cm³/mol. The van der Waals surface area contributed by atoms with Crippen LogP contribution in [0.25, 0.3) is 0 Å². The summed E-state index contributed by atoms with van der Waals surface area (Å²) in [6, 6.07) is 0.615. The second kappa shape index (κ2) is 7.63. The zero-order valence-electron chi connectivity index (χ0n) is 10.4. The molecule has 90 valence electrons. The Morgan fingerprint density at radius 1 is 1.38 bits per heavy atom. The number of aromatic nitrogens is 2. The largest absolute Gasteiger partial charge is 0.315 e. The van der Waals surface area contributed by atoms with Crippen molar-refractivity contribution in [2.24, 2.45) is 0 Å². The Kier molecular flexibility index (Phi) is 6.42. The highest BCUT2D eigenvalue weighted by Gasteiger charge is 2.01. The number of thioether (sulfide) groups is 1. The van der Waals surface area contributed by atoms with Crippen LogP contribution in [-0.2, 0) is 0 Å². The quantitative estimate of drug-likeness (QED) is 0.451. The first-order chi connectivity index (χ1) is 7.72. The van der Waals surface area contributed by atoms with Crippen molar-refractivity contribution in [3.8, 4) is 0 Å². The third-order valence-electron chi connectivity index (χ3n) is 2.32. The fraction of sp³-hybridized carbons (Fsp3) is 0.667. The Bertz CT molecular complexity index is 287. The van der Waals surface area contributed by atoms with Gasteiger partial charge in [-0.3, -0.25) is 0 Å². The maximum Gasteiger partial charge on any atom is 0.187 e. The molecule has 0 radical (unpaired) electrons. The van der Waals surface area contributed by atoms with E-state index in [4.69, 9.17) is 0 Å². The van der Waals surface area contributed by atoms with Crippen molar-refractivity contribution in [3.05, 3.63) is 18.0 Å². The van der Waals surface area contributed by atoms with Crippen molar-refractivity contribution >= 4 is 11.8 Å². The van der Waals surface area contributed by atoms with Gasteiger partial charge < -0.3 is 5.32 Å². The molecule has 1 unspecified atom stereocenters. The molecule has 1 heterocycles. The van der Waals surface area contributed by atoms with E-state index in [9.17, 15) is 0 Å². The summed E-state index contributed by atoms with van der Waals surface area (Å²) in [5, 5.41) is 4.30. The van der Waals surface area contributed by atoms with E-state index in [1.54, 1.807) is 11.8 Å². The maximum absolute atomic E-state index is 4.27. The van der Waals surface area contributed by atoms with E-state index in [2.05, 4.69) is 29.1 Å². The summed E-state index contributed by atoms with van der Waals surface area (Å²) in [7, 11) is 0. The maximum atomic E-state index is 4.27. The van der Waals surface area contributed by atoms with Crippen molar-refractivity contribution in [2.45, 2.75) is 44.8 Å². The molecule has 0 saturated heterocycles. The minimum Gasteiger partial charge on any atom is -0.315 e. The third-order valence-corrected chi connectivity index (χ3v) is 3.28. The van der Waals surface area contributed by atoms with Crippen LogP contribution in [0.2, 0.25) is 0 Å². The average molecular weight is 239 g/mol.